The summed E-state index contributed by atoms with van der Waals surface area (Å²) in [7, 11) is 0. The molecule has 1 aromatic carbocycles. The molecule has 4 heteroatoms. The van der Waals surface area contributed by atoms with Crippen molar-refractivity contribution in [3.8, 4) is 0 Å². The third kappa shape index (κ3) is 2.27. The molecule has 0 saturated heterocycles. The fraction of sp³-hybridized carbons (Fsp3) is 0.300. The van der Waals surface area contributed by atoms with Crippen LogP contribution in [0.4, 0.5) is 0 Å². The highest BCUT2D eigenvalue weighted by atomic mass is 32.2. The number of rotatable bonds is 3. The number of carbonyl (C=O) groups is 1. The van der Waals surface area contributed by atoms with Gasteiger partial charge < -0.3 is 4.55 Å². The van der Waals surface area contributed by atoms with Gasteiger partial charge in [0, 0.05) is 16.4 Å². The molecular formula is C10H11O3S-. The van der Waals surface area contributed by atoms with Gasteiger partial charge in [-0.3, -0.25) is 9.00 Å². The summed E-state index contributed by atoms with van der Waals surface area (Å²) >= 11 is -2.35. The zero-order valence-corrected chi connectivity index (χ0v) is 8.84. The Morgan fingerprint density at radius 1 is 1.36 bits per heavy atom. The highest BCUT2D eigenvalue weighted by Crippen LogP contribution is 2.16. The van der Waals surface area contributed by atoms with Crippen LogP contribution >= 0.6 is 0 Å². The van der Waals surface area contributed by atoms with Gasteiger partial charge in [-0.1, -0.05) is 32.0 Å². The molecule has 0 aliphatic rings. The smallest absolute Gasteiger partial charge is 0.166 e. The van der Waals surface area contributed by atoms with Gasteiger partial charge in [0.05, 0.1) is 0 Å². The molecule has 0 fully saturated rings. The minimum absolute atomic E-state index is 0.0752. The largest absolute Gasteiger partial charge is 0.768 e. The van der Waals surface area contributed by atoms with Crippen molar-refractivity contribution in [2.45, 2.75) is 18.7 Å². The van der Waals surface area contributed by atoms with Gasteiger partial charge in [0.1, 0.15) is 0 Å². The van der Waals surface area contributed by atoms with E-state index in [9.17, 15) is 13.6 Å². The molecule has 1 unspecified atom stereocenters. The van der Waals surface area contributed by atoms with Crippen LogP contribution in [0.15, 0.2) is 29.2 Å². The molecule has 1 atom stereocenters. The van der Waals surface area contributed by atoms with E-state index in [0.717, 1.165) is 0 Å². The molecule has 0 heterocycles. The topological polar surface area (TPSA) is 57.2 Å². The molecule has 0 N–H and O–H groups in total. The second-order valence-corrected chi connectivity index (χ2v) is 4.16. The number of hydrogen-bond donors (Lipinski definition) is 0. The van der Waals surface area contributed by atoms with Crippen molar-refractivity contribution < 1.29 is 13.6 Å². The third-order valence-electron chi connectivity index (χ3n) is 1.86. The highest BCUT2D eigenvalue weighted by Gasteiger charge is 2.14. The van der Waals surface area contributed by atoms with E-state index in [1.54, 1.807) is 26.0 Å². The van der Waals surface area contributed by atoms with Crippen molar-refractivity contribution in [1.82, 2.24) is 0 Å². The van der Waals surface area contributed by atoms with Crippen LogP contribution in [0.1, 0.15) is 24.2 Å². The standard InChI is InChI=1S/C10H12O3S/c1-7(2)10(11)8-5-3-4-6-9(8)14(12)13/h3-7H,1-2H3,(H,12,13)/p-1. The molecule has 0 spiro atoms. The minimum Gasteiger partial charge on any atom is -0.768 e. The van der Waals surface area contributed by atoms with Crippen LogP contribution in [0.3, 0.4) is 0 Å². The lowest BCUT2D eigenvalue weighted by Gasteiger charge is -2.11. The number of benzene rings is 1. The first-order valence-electron chi connectivity index (χ1n) is 4.26. The summed E-state index contributed by atoms with van der Waals surface area (Å²) in [5.74, 6) is -0.343. The fourth-order valence-corrected chi connectivity index (χ4v) is 1.66. The van der Waals surface area contributed by atoms with Gasteiger partial charge in [-0.15, -0.1) is 0 Å². The Hall–Kier alpha value is -1.00. The molecule has 76 valence electrons. The van der Waals surface area contributed by atoms with Gasteiger partial charge in [0.25, 0.3) is 0 Å². The molecule has 3 nitrogen and oxygen atoms in total. The summed E-state index contributed by atoms with van der Waals surface area (Å²) in [6.45, 7) is 3.49. The molecule has 1 rings (SSSR count). The second kappa shape index (κ2) is 4.48. The molecule has 0 aliphatic carbocycles. The molecule has 0 bridgehead atoms. The quantitative estimate of drug-likeness (QED) is 0.565. The summed E-state index contributed by atoms with van der Waals surface area (Å²) in [6, 6.07) is 6.22. The molecular weight excluding hydrogens is 200 g/mol. The summed E-state index contributed by atoms with van der Waals surface area (Å²) < 4.78 is 21.6. The lowest BCUT2D eigenvalue weighted by Crippen LogP contribution is -2.10. The third-order valence-corrected chi connectivity index (χ3v) is 2.57. The van der Waals surface area contributed by atoms with Gasteiger partial charge in [0.15, 0.2) is 5.78 Å². The first kappa shape index (κ1) is 11.1. The van der Waals surface area contributed by atoms with Crippen LogP contribution in [0.2, 0.25) is 0 Å². The van der Waals surface area contributed by atoms with Gasteiger partial charge in [-0.25, -0.2) is 0 Å². The molecule has 0 aromatic heterocycles. The van der Waals surface area contributed by atoms with Gasteiger partial charge in [-0.05, 0) is 17.1 Å². The Kier molecular flexibility index (Phi) is 3.55. The van der Waals surface area contributed by atoms with Crippen LogP contribution in [-0.4, -0.2) is 14.5 Å². The van der Waals surface area contributed by atoms with Gasteiger partial charge >= 0.3 is 0 Å². The van der Waals surface area contributed by atoms with Crippen molar-refractivity contribution in [3.63, 3.8) is 0 Å². The maximum absolute atomic E-state index is 11.6. The number of carbonyl (C=O) groups excluding carboxylic acids is 1. The molecule has 0 saturated carbocycles. The van der Waals surface area contributed by atoms with E-state index in [-0.39, 0.29) is 22.2 Å². The summed E-state index contributed by atoms with van der Waals surface area (Å²) in [5, 5.41) is 0. The van der Waals surface area contributed by atoms with Gasteiger partial charge in [-0.2, -0.15) is 0 Å². The van der Waals surface area contributed by atoms with Gasteiger partial charge in [0.2, 0.25) is 0 Å². The van der Waals surface area contributed by atoms with Crippen LogP contribution in [-0.2, 0) is 11.1 Å². The Balaban J connectivity index is 3.20. The average Bonchev–Trinajstić information content (AvgIpc) is 2.16. The van der Waals surface area contributed by atoms with Crippen molar-refractivity contribution in [1.29, 1.82) is 0 Å². The normalized spacial score (nSPS) is 12.9. The van der Waals surface area contributed by atoms with E-state index in [1.165, 1.54) is 12.1 Å². The molecule has 0 amide bonds. The second-order valence-electron chi connectivity index (χ2n) is 3.25. The minimum atomic E-state index is -2.35. The molecule has 0 aliphatic heterocycles. The van der Waals surface area contributed by atoms with E-state index >= 15 is 0 Å². The van der Waals surface area contributed by atoms with E-state index < -0.39 is 11.1 Å². The SMILES string of the molecule is CC(C)C(=O)c1ccccc1S(=O)[O-]. The number of ketones is 1. The van der Waals surface area contributed by atoms with Crippen LogP contribution < -0.4 is 0 Å². The lowest BCUT2D eigenvalue weighted by atomic mass is 10.0. The van der Waals surface area contributed by atoms with Crippen molar-refractivity contribution in [3.05, 3.63) is 29.8 Å². The number of Topliss-reactive ketones (excluding diaryl/α,β-unsaturated/α-hetero) is 1. The van der Waals surface area contributed by atoms with E-state index in [1.807, 2.05) is 0 Å². The Bertz CT molecular complexity index is 371. The maximum Gasteiger partial charge on any atom is 0.166 e. The summed E-state index contributed by atoms with van der Waals surface area (Å²) in [5.41, 5.74) is 0.274. The van der Waals surface area contributed by atoms with Crippen LogP contribution in [0.5, 0.6) is 0 Å². The van der Waals surface area contributed by atoms with Crippen LogP contribution in [0.25, 0.3) is 0 Å². The highest BCUT2D eigenvalue weighted by molar-refractivity contribution is 7.79. The Labute approximate surface area is 85.4 Å². The zero-order chi connectivity index (χ0) is 10.7. The number of hydrogen-bond acceptors (Lipinski definition) is 3. The van der Waals surface area contributed by atoms with E-state index in [2.05, 4.69) is 0 Å². The van der Waals surface area contributed by atoms with E-state index in [4.69, 9.17) is 0 Å². The predicted octanol–water partition coefficient (Wildman–Crippen LogP) is 1.76. The lowest BCUT2D eigenvalue weighted by molar-refractivity contribution is 0.0936. The molecule has 0 radical (unpaired) electrons. The monoisotopic (exact) mass is 211 g/mol. The Morgan fingerprint density at radius 2 is 1.93 bits per heavy atom. The predicted molar refractivity (Wildman–Crippen MR) is 52.8 cm³/mol. The molecule has 1 aromatic rings. The average molecular weight is 211 g/mol. The Morgan fingerprint density at radius 3 is 2.43 bits per heavy atom. The maximum atomic E-state index is 11.6. The summed E-state index contributed by atoms with van der Waals surface area (Å²) in [6.07, 6.45) is 0. The molecule has 14 heavy (non-hydrogen) atoms. The summed E-state index contributed by atoms with van der Waals surface area (Å²) in [4.78, 5) is 11.7. The first-order valence-corrected chi connectivity index (χ1v) is 5.34. The zero-order valence-electron chi connectivity index (χ0n) is 8.02. The fourth-order valence-electron chi connectivity index (χ4n) is 1.13. The van der Waals surface area contributed by atoms with Crippen LogP contribution in [0, 0.1) is 5.92 Å². The first-order chi connectivity index (χ1) is 6.54. The van der Waals surface area contributed by atoms with Crippen molar-refractivity contribution in [2.75, 3.05) is 0 Å². The van der Waals surface area contributed by atoms with Crippen molar-refractivity contribution >= 4 is 16.9 Å². The van der Waals surface area contributed by atoms with E-state index in [0.29, 0.717) is 0 Å². The van der Waals surface area contributed by atoms with Crippen molar-refractivity contribution in [2.24, 2.45) is 5.92 Å².